The Labute approximate surface area is 158 Å². The highest BCUT2D eigenvalue weighted by Gasteiger charge is 2.14. The van der Waals surface area contributed by atoms with Crippen LogP contribution in [0.4, 0.5) is 5.69 Å². The molecular formula is C19H15N3O4S. The lowest BCUT2D eigenvalue weighted by Crippen LogP contribution is -2.15. The molecule has 136 valence electrons. The first-order chi connectivity index (χ1) is 13.2. The van der Waals surface area contributed by atoms with Crippen LogP contribution in [0.2, 0.25) is 0 Å². The summed E-state index contributed by atoms with van der Waals surface area (Å²) in [6.45, 7) is 0. The van der Waals surface area contributed by atoms with Crippen LogP contribution in [0.1, 0.15) is 15.4 Å². The van der Waals surface area contributed by atoms with Crippen LogP contribution >= 0.6 is 11.3 Å². The van der Waals surface area contributed by atoms with Gasteiger partial charge in [0.05, 0.1) is 5.38 Å². The van der Waals surface area contributed by atoms with Gasteiger partial charge in [0.1, 0.15) is 5.75 Å². The van der Waals surface area contributed by atoms with Crippen molar-refractivity contribution < 1.29 is 19.5 Å². The summed E-state index contributed by atoms with van der Waals surface area (Å²) in [5.74, 6) is -0.0920. The van der Waals surface area contributed by atoms with Crippen LogP contribution in [-0.2, 0) is 4.79 Å². The largest absolute Gasteiger partial charge is 0.438 e. The average molecular weight is 381 g/mol. The van der Waals surface area contributed by atoms with Gasteiger partial charge in [-0.1, -0.05) is 36.4 Å². The van der Waals surface area contributed by atoms with Crippen LogP contribution < -0.4 is 15.5 Å². The molecule has 7 nitrogen and oxygen atoms in total. The number of amides is 2. The monoisotopic (exact) mass is 381 g/mol. The van der Waals surface area contributed by atoms with E-state index >= 15 is 0 Å². The summed E-state index contributed by atoms with van der Waals surface area (Å²) in [4.78, 5) is 27.8. The number of para-hydroxylation sites is 2. The van der Waals surface area contributed by atoms with Gasteiger partial charge in [0.25, 0.3) is 11.8 Å². The minimum Gasteiger partial charge on any atom is -0.438 e. The molecule has 0 spiro atoms. The van der Waals surface area contributed by atoms with Crippen molar-refractivity contribution >= 4 is 34.9 Å². The topological polar surface area (TPSA) is 101 Å². The minimum atomic E-state index is -0.668. The second-order valence-corrected chi connectivity index (χ2v) is 6.11. The van der Waals surface area contributed by atoms with Crippen molar-refractivity contribution in [3.05, 3.63) is 76.6 Å². The van der Waals surface area contributed by atoms with Crippen molar-refractivity contribution in [2.24, 2.45) is 0 Å². The highest BCUT2D eigenvalue weighted by atomic mass is 32.1. The highest BCUT2D eigenvalue weighted by Crippen LogP contribution is 2.24. The van der Waals surface area contributed by atoms with Gasteiger partial charge in [0.15, 0.2) is 5.01 Å². The van der Waals surface area contributed by atoms with E-state index in [0.29, 0.717) is 22.9 Å². The van der Waals surface area contributed by atoms with Gasteiger partial charge < -0.3 is 10.1 Å². The van der Waals surface area contributed by atoms with E-state index in [1.807, 2.05) is 18.2 Å². The molecule has 3 rings (SSSR count). The second kappa shape index (κ2) is 8.75. The first-order valence-electron chi connectivity index (χ1n) is 7.86. The van der Waals surface area contributed by atoms with Crippen LogP contribution in [-0.4, -0.2) is 22.0 Å². The zero-order valence-electron chi connectivity index (χ0n) is 14.0. The number of ether oxygens (including phenoxy) is 1. The number of aromatic nitrogens is 1. The molecule has 0 fully saturated rings. The lowest BCUT2D eigenvalue weighted by atomic mass is 10.1. The summed E-state index contributed by atoms with van der Waals surface area (Å²) in [6.07, 6.45) is 2.63. The maximum atomic E-state index is 12.5. The molecule has 0 radical (unpaired) electrons. The quantitative estimate of drug-likeness (QED) is 0.343. The normalized spacial score (nSPS) is 10.6. The van der Waals surface area contributed by atoms with E-state index in [4.69, 9.17) is 9.94 Å². The van der Waals surface area contributed by atoms with Gasteiger partial charge in [-0.15, -0.1) is 11.3 Å². The van der Waals surface area contributed by atoms with Gasteiger partial charge in [0, 0.05) is 11.8 Å². The van der Waals surface area contributed by atoms with Crippen molar-refractivity contribution in [3.8, 4) is 11.6 Å². The number of thiazole rings is 1. The van der Waals surface area contributed by atoms with Crippen molar-refractivity contribution in [2.45, 2.75) is 0 Å². The van der Waals surface area contributed by atoms with Crippen molar-refractivity contribution in [1.29, 1.82) is 0 Å². The fourth-order valence-electron chi connectivity index (χ4n) is 2.15. The molecule has 2 aromatic carbocycles. The third-order valence-electron chi connectivity index (χ3n) is 3.38. The first-order valence-corrected chi connectivity index (χ1v) is 8.74. The highest BCUT2D eigenvalue weighted by molar-refractivity contribution is 7.12. The molecule has 3 aromatic rings. The van der Waals surface area contributed by atoms with Crippen LogP contribution in [0, 0.1) is 0 Å². The Morgan fingerprint density at radius 2 is 1.81 bits per heavy atom. The predicted octanol–water partition coefficient (Wildman–Crippen LogP) is 3.71. The maximum Gasteiger partial charge on any atom is 0.284 e. The molecule has 0 bridgehead atoms. The fraction of sp³-hybridized carbons (Fsp3) is 0. The number of carbonyl (C=O) groups excluding carboxylic acids is 2. The number of hydroxylamine groups is 1. The summed E-state index contributed by atoms with van der Waals surface area (Å²) < 4.78 is 5.60. The number of anilines is 1. The van der Waals surface area contributed by atoms with E-state index in [1.54, 1.807) is 41.8 Å². The Hall–Kier alpha value is -3.49. The van der Waals surface area contributed by atoms with Crippen molar-refractivity contribution in [2.75, 3.05) is 5.32 Å². The Kier molecular flexibility index (Phi) is 5.93. The Balaban J connectivity index is 1.71. The van der Waals surface area contributed by atoms with Crippen molar-refractivity contribution in [1.82, 2.24) is 10.5 Å². The molecule has 0 saturated heterocycles. The summed E-state index contributed by atoms with van der Waals surface area (Å²) in [5.41, 5.74) is 2.62. The summed E-state index contributed by atoms with van der Waals surface area (Å²) in [5, 5.41) is 13.2. The molecule has 0 aliphatic rings. The molecule has 0 aliphatic carbocycles. The smallest absolute Gasteiger partial charge is 0.284 e. The molecular weight excluding hydrogens is 366 g/mol. The van der Waals surface area contributed by atoms with E-state index in [2.05, 4.69) is 10.3 Å². The molecule has 2 amide bonds. The van der Waals surface area contributed by atoms with Crippen LogP contribution in [0.15, 0.2) is 66.1 Å². The molecule has 1 aromatic heterocycles. The zero-order chi connectivity index (χ0) is 19.1. The third-order valence-corrected chi connectivity index (χ3v) is 4.20. The number of hydrogen-bond acceptors (Lipinski definition) is 6. The van der Waals surface area contributed by atoms with Crippen LogP contribution in [0.5, 0.6) is 11.6 Å². The van der Waals surface area contributed by atoms with Gasteiger partial charge in [-0.3, -0.25) is 14.8 Å². The van der Waals surface area contributed by atoms with Gasteiger partial charge in [-0.05, 0) is 29.8 Å². The fourth-order valence-corrected chi connectivity index (χ4v) is 2.77. The van der Waals surface area contributed by atoms with E-state index in [9.17, 15) is 9.59 Å². The molecule has 0 saturated carbocycles. The van der Waals surface area contributed by atoms with E-state index < -0.39 is 11.8 Å². The Bertz CT molecular complexity index is 970. The predicted molar refractivity (Wildman–Crippen MR) is 102 cm³/mol. The van der Waals surface area contributed by atoms with Crippen molar-refractivity contribution in [3.63, 3.8) is 0 Å². The average Bonchev–Trinajstić information content (AvgIpc) is 3.16. The number of rotatable bonds is 6. The van der Waals surface area contributed by atoms with E-state index in [0.717, 1.165) is 17.4 Å². The van der Waals surface area contributed by atoms with Crippen LogP contribution in [0.3, 0.4) is 0 Å². The third kappa shape index (κ3) is 5.00. The van der Waals surface area contributed by atoms with Crippen LogP contribution in [0.25, 0.3) is 6.08 Å². The molecule has 0 aliphatic heterocycles. The first kappa shape index (κ1) is 18.3. The number of carbonyl (C=O) groups is 2. The number of nitrogens with zero attached hydrogens (tertiary/aromatic N) is 1. The van der Waals surface area contributed by atoms with E-state index in [-0.39, 0.29) is 5.01 Å². The maximum absolute atomic E-state index is 12.5. The Morgan fingerprint density at radius 3 is 2.59 bits per heavy atom. The second-order valence-electron chi connectivity index (χ2n) is 5.26. The molecule has 1 heterocycles. The van der Waals surface area contributed by atoms with E-state index in [1.165, 1.54) is 11.6 Å². The molecule has 8 heteroatoms. The molecule has 0 unspecified atom stereocenters. The summed E-state index contributed by atoms with van der Waals surface area (Å²) in [7, 11) is 0. The number of nitrogens with one attached hydrogen (secondary N) is 2. The standard InChI is InChI=1S/C19H15N3O4S/c23-16(22-25)11-10-13-6-4-5-9-15(13)20-18(24)19-21-17(12-27-19)26-14-7-2-1-3-8-14/h1-12,25H,(H,20,24)(H,22,23). The number of benzene rings is 2. The molecule has 3 N–H and O–H groups in total. The van der Waals surface area contributed by atoms with Gasteiger partial charge in [-0.25, -0.2) is 5.48 Å². The Morgan fingerprint density at radius 1 is 1.07 bits per heavy atom. The zero-order valence-corrected chi connectivity index (χ0v) is 14.8. The van der Waals surface area contributed by atoms with Gasteiger partial charge in [-0.2, -0.15) is 4.98 Å². The molecule has 27 heavy (non-hydrogen) atoms. The lowest BCUT2D eigenvalue weighted by Gasteiger charge is -2.07. The minimum absolute atomic E-state index is 0.243. The molecule has 0 atom stereocenters. The number of hydrogen-bond donors (Lipinski definition) is 3. The van der Waals surface area contributed by atoms with Gasteiger partial charge in [0.2, 0.25) is 5.88 Å². The summed E-state index contributed by atoms with van der Waals surface area (Å²) >= 11 is 1.16. The van der Waals surface area contributed by atoms with Gasteiger partial charge >= 0.3 is 0 Å². The summed E-state index contributed by atoms with van der Waals surface area (Å²) in [6, 6.07) is 16.1. The SMILES string of the molecule is O=C(C=Cc1ccccc1NC(=O)c1nc(Oc2ccccc2)cs1)NO. The lowest BCUT2D eigenvalue weighted by molar-refractivity contribution is -0.124.